The first kappa shape index (κ1) is 15.0. The highest BCUT2D eigenvalue weighted by atomic mass is 16.5. The minimum Gasteiger partial charge on any atom is -0.497 e. The zero-order chi connectivity index (χ0) is 13.6. The van der Waals surface area contributed by atoms with Crippen molar-refractivity contribution < 1.29 is 9.47 Å². The number of methoxy groups -OCH3 is 2. The second kappa shape index (κ2) is 6.76. The van der Waals surface area contributed by atoms with Crippen LogP contribution in [0.5, 0.6) is 5.75 Å². The van der Waals surface area contributed by atoms with E-state index in [1.807, 2.05) is 19.2 Å². The van der Waals surface area contributed by atoms with Gasteiger partial charge in [-0.1, -0.05) is 26.0 Å². The quantitative estimate of drug-likeness (QED) is 0.807. The molecule has 3 nitrogen and oxygen atoms in total. The van der Waals surface area contributed by atoms with Crippen LogP contribution in [0.15, 0.2) is 24.3 Å². The number of rotatable bonds is 7. The fourth-order valence-electron chi connectivity index (χ4n) is 2.59. The Morgan fingerprint density at radius 1 is 1.11 bits per heavy atom. The molecule has 0 aliphatic heterocycles. The summed E-state index contributed by atoms with van der Waals surface area (Å²) in [7, 11) is 5.46. The van der Waals surface area contributed by atoms with Gasteiger partial charge in [0.15, 0.2) is 0 Å². The van der Waals surface area contributed by atoms with E-state index in [-0.39, 0.29) is 11.6 Å². The van der Waals surface area contributed by atoms with E-state index in [1.54, 1.807) is 14.2 Å². The molecule has 18 heavy (non-hydrogen) atoms. The fourth-order valence-corrected chi connectivity index (χ4v) is 2.59. The van der Waals surface area contributed by atoms with Gasteiger partial charge in [-0.3, -0.25) is 0 Å². The van der Waals surface area contributed by atoms with Crippen molar-refractivity contribution in [2.75, 3.05) is 21.3 Å². The normalized spacial score (nSPS) is 13.4. The lowest BCUT2D eigenvalue weighted by Crippen LogP contribution is -2.43. The highest BCUT2D eigenvalue weighted by molar-refractivity contribution is 5.30. The summed E-state index contributed by atoms with van der Waals surface area (Å²) in [5.41, 5.74) is 1.06. The first-order valence-electron chi connectivity index (χ1n) is 6.53. The van der Waals surface area contributed by atoms with Crippen molar-refractivity contribution >= 4 is 0 Å². The van der Waals surface area contributed by atoms with Gasteiger partial charge in [-0.25, -0.2) is 0 Å². The van der Waals surface area contributed by atoms with Crippen LogP contribution in [-0.2, 0) is 4.74 Å². The average molecular weight is 251 g/mol. The standard InChI is InChI=1S/C15H25NO2/c1-6-15(7-2,18-5)14(16-3)12-8-10-13(17-4)11-9-12/h8-11,14,16H,6-7H2,1-5H3. The van der Waals surface area contributed by atoms with Crippen LogP contribution in [-0.4, -0.2) is 26.9 Å². The third-order valence-corrected chi connectivity index (χ3v) is 3.87. The van der Waals surface area contributed by atoms with Crippen molar-refractivity contribution in [3.05, 3.63) is 29.8 Å². The van der Waals surface area contributed by atoms with Crippen molar-refractivity contribution in [3.8, 4) is 5.75 Å². The third kappa shape index (κ3) is 2.85. The molecular formula is C15H25NO2. The van der Waals surface area contributed by atoms with Gasteiger partial charge in [0.25, 0.3) is 0 Å². The van der Waals surface area contributed by atoms with Crippen LogP contribution in [0.2, 0.25) is 0 Å². The van der Waals surface area contributed by atoms with E-state index >= 15 is 0 Å². The second-order valence-corrected chi connectivity index (χ2v) is 4.47. The van der Waals surface area contributed by atoms with Gasteiger partial charge < -0.3 is 14.8 Å². The van der Waals surface area contributed by atoms with Gasteiger partial charge in [0.1, 0.15) is 5.75 Å². The Morgan fingerprint density at radius 2 is 1.67 bits per heavy atom. The third-order valence-electron chi connectivity index (χ3n) is 3.87. The van der Waals surface area contributed by atoms with Crippen LogP contribution in [0.1, 0.15) is 38.3 Å². The van der Waals surface area contributed by atoms with Gasteiger partial charge in [-0.15, -0.1) is 0 Å². The summed E-state index contributed by atoms with van der Waals surface area (Å²) in [6.07, 6.45) is 1.94. The molecule has 0 aliphatic rings. The molecule has 1 aromatic carbocycles. The summed E-state index contributed by atoms with van der Waals surface area (Å²) in [5, 5.41) is 3.38. The molecule has 1 atom stereocenters. The Morgan fingerprint density at radius 3 is 2.00 bits per heavy atom. The highest BCUT2D eigenvalue weighted by Gasteiger charge is 2.35. The molecule has 0 fully saturated rings. The van der Waals surface area contributed by atoms with Crippen molar-refractivity contribution in [3.63, 3.8) is 0 Å². The van der Waals surface area contributed by atoms with Crippen LogP contribution in [0, 0.1) is 0 Å². The highest BCUT2D eigenvalue weighted by Crippen LogP contribution is 2.35. The molecule has 0 saturated heterocycles. The molecule has 1 aromatic rings. The largest absolute Gasteiger partial charge is 0.497 e. The van der Waals surface area contributed by atoms with Gasteiger partial charge in [-0.2, -0.15) is 0 Å². The fraction of sp³-hybridized carbons (Fsp3) is 0.600. The number of ether oxygens (including phenoxy) is 2. The molecule has 1 rings (SSSR count). The summed E-state index contributed by atoms with van der Waals surface area (Å²) in [5.74, 6) is 0.879. The van der Waals surface area contributed by atoms with Crippen LogP contribution in [0.4, 0.5) is 0 Å². The zero-order valence-electron chi connectivity index (χ0n) is 12.1. The molecule has 0 aliphatic carbocycles. The molecule has 102 valence electrons. The summed E-state index contributed by atoms with van der Waals surface area (Å²) in [4.78, 5) is 0. The number of benzene rings is 1. The summed E-state index contributed by atoms with van der Waals surface area (Å²) in [6, 6.07) is 8.36. The molecule has 0 aromatic heterocycles. The number of nitrogens with one attached hydrogen (secondary N) is 1. The van der Waals surface area contributed by atoms with Crippen molar-refractivity contribution in [2.45, 2.75) is 38.3 Å². The average Bonchev–Trinajstić information content (AvgIpc) is 2.45. The van der Waals surface area contributed by atoms with Crippen LogP contribution < -0.4 is 10.1 Å². The Labute approximate surface area is 110 Å². The molecule has 0 spiro atoms. The van der Waals surface area contributed by atoms with E-state index in [9.17, 15) is 0 Å². The smallest absolute Gasteiger partial charge is 0.118 e. The Hall–Kier alpha value is -1.06. The molecule has 0 heterocycles. The summed E-state index contributed by atoms with van der Waals surface area (Å²) in [6.45, 7) is 4.34. The maximum Gasteiger partial charge on any atom is 0.118 e. The summed E-state index contributed by atoms with van der Waals surface area (Å²) >= 11 is 0. The van der Waals surface area contributed by atoms with E-state index in [0.717, 1.165) is 18.6 Å². The Bertz CT molecular complexity index is 336. The van der Waals surface area contributed by atoms with E-state index < -0.39 is 0 Å². The predicted octanol–water partition coefficient (Wildman–Crippen LogP) is 3.16. The zero-order valence-corrected chi connectivity index (χ0v) is 12.1. The maximum atomic E-state index is 5.81. The second-order valence-electron chi connectivity index (χ2n) is 4.47. The molecule has 3 heteroatoms. The number of hydrogen-bond donors (Lipinski definition) is 1. The van der Waals surface area contributed by atoms with Gasteiger partial charge in [-0.05, 0) is 37.6 Å². The van der Waals surface area contributed by atoms with Gasteiger partial charge in [0, 0.05) is 7.11 Å². The van der Waals surface area contributed by atoms with Crippen molar-refractivity contribution in [1.82, 2.24) is 5.32 Å². The van der Waals surface area contributed by atoms with Crippen molar-refractivity contribution in [2.24, 2.45) is 0 Å². The van der Waals surface area contributed by atoms with Crippen LogP contribution in [0.3, 0.4) is 0 Å². The van der Waals surface area contributed by atoms with Gasteiger partial charge >= 0.3 is 0 Å². The SMILES string of the molecule is CCC(CC)(OC)C(NC)c1ccc(OC)cc1. The molecular weight excluding hydrogens is 226 g/mol. The molecule has 0 radical (unpaired) electrons. The topological polar surface area (TPSA) is 30.5 Å². The van der Waals surface area contributed by atoms with Crippen LogP contribution in [0.25, 0.3) is 0 Å². The first-order valence-corrected chi connectivity index (χ1v) is 6.53. The lowest BCUT2D eigenvalue weighted by Gasteiger charge is -2.38. The van der Waals surface area contributed by atoms with E-state index in [1.165, 1.54) is 5.56 Å². The lowest BCUT2D eigenvalue weighted by molar-refractivity contribution is -0.0467. The van der Waals surface area contributed by atoms with Gasteiger partial charge in [0.2, 0.25) is 0 Å². The number of likely N-dealkylation sites (N-methyl/N-ethyl adjacent to an activating group) is 1. The molecule has 1 N–H and O–H groups in total. The Kier molecular flexibility index (Phi) is 5.63. The minimum absolute atomic E-state index is 0.163. The van der Waals surface area contributed by atoms with E-state index in [4.69, 9.17) is 9.47 Å². The predicted molar refractivity (Wildman–Crippen MR) is 75.1 cm³/mol. The Balaban J connectivity index is 3.06. The summed E-state index contributed by atoms with van der Waals surface area (Å²) < 4.78 is 11.0. The minimum atomic E-state index is -0.163. The van der Waals surface area contributed by atoms with E-state index in [2.05, 4.69) is 31.3 Å². The molecule has 0 saturated carbocycles. The first-order chi connectivity index (χ1) is 8.67. The van der Waals surface area contributed by atoms with E-state index in [0.29, 0.717) is 0 Å². The lowest BCUT2D eigenvalue weighted by atomic mass is 9.84. The molecule has 0 bridgehead atoms. The van der Waals surface area contributed by atoms with Crippen molar-refractivity contribution in [1.29, 1.82) is 0 Å². The van der Waals surface area contributed by atoms with Crippen LogP contribution >= 0.6 is 0 Å². The molecule has 0 amide bonds. The molecule has 1 unspecified atom stereocenters. The number of hydrogen-bond acceptors (Lipinski definition) is 3. The van der Waals surface area contributed by atoms with Gasteiger partial charge in [0.05, 0.1) is 18.8 Å². The monoisotopic (exact) mass is 251 g/mol. The maximum absolute atomic E-state index is 5.81.